The molecule has 6 nitrogen and oxygen atoms in total. The van der Waals surface area contributed by atoms with Crippen LogP contribution in [-0.2, 0) is 28.5 Å². The Morgan fingerprint density at radius 1 is 1.06 bits per heavy atom. The normalized spacial score (nSPS) is 40.8. The molecule has 3 atom stereocenters. The van der Waals surface area contributed by atoms with Gasteiger partial charge in [0.15, 0.2) is 5.79 Å². The number of hydrogen-bond acceptors (Lipinski definition) is 6. The molecule has 1 heterocycles. The number of esters is 2. The van der Waals surface area contributed by atoms with Crippen molar-refractivity contribution in [2.75, 3.05) is 13.2 Å². The standard InChI is InChI=1S/C23H32F2O6/c1-20(24,25)18(26)31-22-10-15-7-16(11-22)9-21(8-15,14-22)19(27)28-12-17-13-29-23(30-17)5-3-2-4-6-23/h15-17H,2-14H2,1H3. The van der Waals surface area contributed by atoms with Crippen LogP contribution in [0.1, 0.15) is 77.6 Å². The number of carbonyl (C=O) groups excluding carboxylic acids is 2. The predicted octanol–water partition coefficient (Wildman–Crippen LogP) is 4.14. The first-order chi connectivity index (χ1) is 14.6. The number of carbonyl (C=O) groups is 2. The predicted molar refractivity (Wildman–Crippen MR) is 104 cm³/mol. The molecule has 1 saturated heterocycles. The van der Waals surface area contributed by atoms with E-state index in [1.165, 1.54) is 6.42 Å². The van der Waals surface area contributed by atoms with Crippen LogP contribution in [-0.4, -0.2) is 48.6 Å². The third kappa shape index (κ3) is 3.99. The maximum atomic E-state index is 13.5. The van der Waals surface area contributed by atoms with E-state index in [2.05, 4.69) is 0 Å². The van der Waals surface area contributed by atoms with Crippen molar-refractivity contribution in [2.45, 2.75) is 101 Å². The molecule has 1 aliphatic heterocycles. The summed E-state index contributed by atoms with van der Waals surface area (Å²) in [7, 11) is 0. The Labute approximate surface area is 181 Å². The van der Waals surface area contributed by atoms with Gasteiger partial charge in [0.2, 0.25) is 0 Å². The van der Waals surface area contributed by atoms with Crippen LogP contribution in [0.15, 0.2) is 0 Å². The zero-order valence-electron chi connectivity index (χ0n) is 18.1. The zero-order valence-corrected chi connectivity index (χ0v) is 18.1. The fraction of sp³-hybridized carbons (Fsp3) is 0.913. The number of hydrogen-bond donors (Lipinski definition) is 0. The van der Waals surface area contributed by atoms with Crippen LogP contribution in [0.4, 0.5) is 8.78 Å². The van der Waals surface area contributed by atoms with Crippen LogP contribution in [0.25, 0.3) is 0 Å². The van der Waals surface area contributed by atoms with Crippen molar-refractivity contribution >= 4 is 11.9 Å². The molecule has 3 unspecified atom stereocenters. The van der Waals surface area contributed by atoms with Gasteiger partial charge in [0.1, 0.15) is 18.3 Å². The SMILES string of the molecule is CC(F)(F)C(=O)OC12CC3CC(C1)CC(C(=O)OCC1COC4(CCCCC4)O1)(C3)C2. The maximum Gasteiger partial charge on any atom is 0.377 e. The molecule has 0 amide bonds. The number of alkyl halides is 2. The minimum Gasteiger partial charge on any atom is -0.462 e. The van der Waals surface area contributed by atoms with E-state index in [4.69, 9.17) is 18.9 Å². The smallest absolute Gasteiger partial charge is 0.377 e. The molecule has 6 fully saturated rings. The van der Waals surface area contributed by atoms with Gasteiger partial charge in [-0.15, -0.1) is 0 Å². The fourth-order valence-corrected chi connectivity index (χ4v) is 7.20. The Bertz CT molecular complexity index is 727. The maximum absolute atomic E-state index is 13.5. The lowest BCUT2D eigenvalue weighted by atomic mass is 9.48. The summed E-state index contributed by atoms with van der Waals surface area (Å²) in [5.41, 5.74) is -1.73. The highest BCUT2D eigenvalue weighted by Gasteiger charge is 2.63. The Morgan fingerprint density at radius 2 is 1.74 bits per heavy atom. The van der Waals surface area contributed by atoms with Crippen LogP contribution in [0.5, 0.6) is 0 Å². The molecular formula is C23H32F2O6. The van der Waals surface area contributed by atoms with Crippen LogP contribution >= 0.6 is 0 Å². The van der Waals surface area contributed by atoms with Crippen molar-refractivity contribution in [1.29, 1.82) is 0 Å². The van der Waals surface area contributed by atoms with Crippen molar-refractivity contribution < 1.29 is 37.3 Å². The molecule has 0 aromatic heterocycles. The third-order valence-electron chi connectivity index (χ3n) is 8.04. The molecule has 5 saturated carbocycles. The number of ether oxygens (including phenoxy) is 4. The highest BCUT2D eigenvalue weighted by molar-refractivity contribution is 5.79. The van der Waals surface area contributed by atoms with Gasteiger partial charge in [-0.25, -0.2) is 4.79 Å². The lowest BCUT2D eigenvalue weighted by Crippen LogP contribution is -2.60. The van der Waals surface area contributed by atoms with Crippen LogP contribution in [0, 0.1) is 17.3 Å². The van der Waals surface area contributed by atoms with E-state index in [-0.39, 0.29) is 36.9 Å². The molecule has 174 valence electrons. The van der Waals surface area contributed by atoms with E-state index in [1.807, 2.05) is 0 Å². The minimum atomic E-state index is -3.54. The summed E-state index contributed by atoms with van der Waals surface area (Å²) in [5.74, 6) is -5.45. The summed E-state index contributed by atoms with van der Waals surface area (Å²) in [6, 6.07) is 0. The van der Waals surface area contributed by atoms with Crippen molar-refractivity contribution in [3.05, 3.63) is 0 Å². The minimum absolute atomic E-state index is 0.136. The monoisotopic (exact) mass is 442 g/mol. The molecule has 5 aliphatic carbocycles. The van der Waals surface area contributed by atoms with Gasteiger partial charge in [0, 0.05) is 26.2 Å². The van der Waals surface area contributed by atoms with Crippen LogP contribution in [0.3, 0.4) is 0 Å². The zero-order chi connectivity index (χ0) is 21.9. The average Bonchev–Trinajstić information content (AvgIpc) is 3.06. The molecule has 4 bridgehead atoms. The summed E-state index contributed by atoms with van der Waals surface area (Å²) < 4.78 is 50.2. The molecular weight excluding hydrogens is 410 g/mol. The Hall–Kier alpha value is -1.28. The van der Waals surface area contributed by atoms with Gasteiger partial charge in [0.05, 0.1) is 12.0 Å². The largest absolute Gasteiger partial charge is 0.462 e. The summed E-state index contributed by atoms with van der Waals surface area (Å²) in [5, 5.41) is 0. The Morgan fingerprint density at radius 3 is 2.39 bits per heavy atom. The first-order valence-electron chi connectivity index (χ1n) is 11.7. The summed E-state index contributed by atoms with van der Waals surface area (Å²) in [6.07, 6.45) is 8.53. The van der Waals surface area contributed by atoms with E-state index >= 15 is 0 Å². The van der Waals surface area contributed by atoms with E-state index in [9.17, 15) is 18.4 Å². The topological polar surface area (TPSA) is 71.1 Å². The van der Waals surface area contributed by atoms with Gasteiger partial charge in [-0.05, 0) is 56.8 Å². The van der Waals surface area contributed by atoms with Crippen LogP contribution in [0.2, 0.25) is 0 Å². The second-order valence-corrected chi connectivity index (χ2v) is 10.8. The van der Waals surface area contributed by atoms with Gasteiger partial charge in [0.25, 0.3) is 0 Å². The van der Waals surface area contributed by atoms with Crippen molar-refractivity contribution in [3.63, 3.8) is 0 Å². The molecule has 6 rings (SSSR count). The second kappa shape index (κ2) is 7.37. The number of rotatable bonds is 5. The third-order valence-corrected chi connectivity index (χ3v) is 8.04. The molecule has 0 radical (unpaired) electrons. The second-order valence-electron chi connectivity index (χ2n) is 10.8. The summed E-state index contributed by atoms with van der Waals surface area (Å²) >= 11 is 0. The van der Waals surface area contributed by atoms with E-state index < -0.39 is 28.7 Å². The van der Waals surface area contributed by atoms with E-state index in [0.29, 0.717) is 39.2 Å². The fourth-order valence-electron chi connectivity index (χ4n) is 7.20. The Balaban J connectivity index is 1.23. The van der Waals surface area contributed by atoms with Crippen molar-refractivity contribution in [1.82, 2.24) is 0 Å². The highest BCUT2D eigenvalue weighted by Crippen LogP contribution is 2.63. The molecule has 0 aromatic carbocycles. The lowest BCUT2D eigenvalue weighted by Gasteiger charge is -2.59. The van der Waals surface area contributed by atoms with Gasteiger partial charge < -0.3 is 18.9 Å². The highest BCUT2D eigenvalue weighted by atomic mass is 19.3. The summed E-state index contributed by atoms with van der Waals surface area (Å²) in [6.45, 7) is 1.11. The van der Waals surface area contributed by atoms with E-state index in [0.717, 1.165) is 32.1 Å². The molecule has 6 aliphatic rings. The quantitative estimate of drug-likeness (QED) is 0.596. The van der Waals surface area contributed by atoms with Gasteiger partial charge >= 0.3 is 17.9 Å². The molecule has 0 aromatic rings. The van der Waals surface area contributed by atoms with Gasteiger partial charge in [-0.1, -0.05) is 6.42 Å². The first kappa shape index (κ1) is 21.6. The van der Waals surface area contributed by atoms with Crippen LogP contribution < -0.4 is 0 Å². The molecule has 1 spiro atoms. The van der Waals surface area contributed by atoms with Crippen molar-refractivity contribution in [2.24, 2.45) is 17.3 Å². The van der Waals surface area contributed by atoms with Gasteiger partial charge in [-0.2, -0.15) is 8.78 Å². The Kier molecular flexibility index (Phi) is 5.13. The lowest BCUT2D eigenvalue weighted by molar-refractivity contribution is -0.226. The first-order valence-corrected chi connectivity index (χ1v) is 11.7. The molecule has 8 heteroatoms. The van der Waals surface area contributed by atoms with Gasteiger partial charge in [-0.3, -0.25) is 4.79 Å². The molecule has 31 heavy (non-hydrogen) atoms. The van der Waals surface area contributed by atoms with Crippen molar-refractivity contribution in [3.8, 4) is 0 Å². The number of halogens is 2. The summed E-state index contributed by atoms with van der Waals surface area (Å²) in [4.78, 5) is 25.2. The van der Waals surface area contributed by atoms with E-state index in [1.54, 1.807) is 0 Å². The molecule has 0 N–H and O–H groups in total. The average molecular weight is 442 g/mol.